The molecule has 2 aromatic carbocycles. The first-order chi connectivity index (χ1) is 46.2. The first-order valence-corrected chi connectivity index (χ1v) is 35.2. The normalized spacial score (nSPS) is 15.4. The highest BCUT2D eigenvalue weighted by Gasteiger charge is 2.47. The molecule has 1 aliphatic carbocycles. The Morgan fingerprint density at radius 2 is 1.03 bits per heavy atom. The van der Waals surface area contributed by atoms with Crippen LogP contribution in [0.3, 0.4) is 0 Å². The van der Waals surface area contributed by atoms with Gasteiger partial charge in [0.05, 0.1) is 24.9 Å². The predicted molar refractivity (Wildman–Crippen MR) is 381 cm³/mol. The molecule has 3 rings (SSSR count). The molecule has 11 atom stereocenters. The molecule has 0 heterocycles. The highest BCUT2D eigenvalue weighted by atomic mass is 16.5. The number of nitrogens with zero attached hydrogens (tertiary/aromatic N) is 6. The molecular weight excluding hydrogens is 1260 g/mol. The van der Waals surface area contributed by atoms with E-state index in [0.29, 0.717) is 6.42 Å². The summed E-state index contributed by atoms with van der Waals surface area (Å²) in [5.74, 6) is -10.9. The lowest BCUT2D eigenvalue weighted by Gasteiger charge is -2.42. The van der Waals surface area contributed by atoms with Crippen LogP contribution in [0.2, 0.25) is 0 Å². The van der Waals surface area contributed by atoms with Crippen LogP contribution in [0.4, 0.5) is 0 Å². The van der Waals surface area contributed by atoms with Gasteiger partial charge in [0.15, 0.2) is 5.78 Å². The smallest absolute Gasteiger partial charge is 0.328 e. The Morgan fingerprint density at radius 1 is 0.545 bits per heavy atom. The summed E-state index contributed by atoms with van der Waals surface area (Å²) in [6, 6.07) is 7.50. The number of benzene rings is 2. The Hall–Kier alpha value is -7.98. The highest BCUT2D eigenvalue weighted by Crippen LogP contribution is 2.45. The lowest BCUT2D eigenvalue weighted by Crippen LogP contribution is -2.63. The van der Waals surface area contributed by atoms with Gasteiger partial charge in [-0.2, -0.15) is 0 Å². The molecule has 0 aliphatic heterocycles. The van der Waals surface area contributed by atoms with E-state index in [1.807, 2.05) is 97.9 Å². The Labute approximate surface area is 589 Å². The predicted octanol–water partition coefficient (Wildman–Crippen LogP) is 8.48. The summed E-state index contributed by atoms with van der Waals surface area (Å²) in [4.78, 5) is 177. The van der Waals surface area contributed by atoms with Crippen LogP contribution in [0, 0.1) is 47.3 Å². The third-order valence-electron chi connectivity index (χ3n) is 18.9. The number of esters is 3. The number of carbonyl (C=O) groups excluding carboxylic acids is 12. The lowest BCUT2D eigenvalue weighted by atomic mass is 9.88. The van der Waals surface area contributed by atoms with Crippen molar-refractivity contribution in [2.24, 2.45) is 47.3 Å². The first kappa shape index (κ1) is 85.2. The molecular formula is C76H118N8O15. The summed E-state index contributed by atoms with van der Waals surface area (Å²) in [6.07, 6.45) is 2.81. The number of carbonyl (C=O) groups is 12. The van der Waals surface area contributed by atoms with Crippen molar-refractivity contribution in [2.45, 2.75) is 217 Å². The van der Waals surface area contributed by atoms with E-state index in [1.54, 1.807) is 61.7 Å². The van der Waals surface area contributed by atoms with E-state index < -0.39 is 131 Å². The van der Waals surface area contributed by atoms with Gasteiger partial charge in [-0.15, -0.1) is 0 Å². The first-order valence-electron chi connectivity index (χ1n) is 35.2. The topological polar surface area (TPSA) is 276 Å². The molecule has 23 heteroatoms. The van der Waals surface area contributed by atoms with Crippen molar-refractivity contribution in [3.63, 3.8) is 0 Å². The largest absolute Gasteiger partial charge is 0.465 e. The molecule has 0 aromatic heterocycles. The van der Waals surface area contributed by atoms with E-state index in [9.17, 15) is 43.2 Å². The number of rotatable bonds is 39. The van der Waals surface area contributed by atoms with Gasteiger partial charge in [-0.05, 0) is 104 Å². The van der Waals surface area contributed by atoms with Crippen LogP contribution >= 0.6 is 0 Å². The zero-order valence-corrected chi connectivity index (χ0v) is 63.5. The van der Waals surface area contributed by atoms with Crippen LogP contribution in [0.1, 0.15) is 180 Å². The van der Waals surface area contributed by atoms with Crippen molar-refractivity contribution in [3.8, 4) is 11.1 Å². The monoisotopic (exact) mass is 1380 g/mol. The maximum atomic E-state index is 15.3. The quantitative estimate of drug-likeness (QED) is 0.0361. The van der Waals surface area contributed by atoms with Crippen molar-refractivity contribution in [1.82, 2.24) is 40.0 Å². The van der Waals surface area contributed by atoms with Gasteiger partial charge >= 0.3 is 17.9 Å². The minimum Gasteiger partial charge on any atom is -0.465 e. The van der Waals surface area contributed by atoms with Crippen LogP contribution in [-0.4, -0.2) is 211 Å². The second-order valence-corrected chi connectivity index (χ2v) is 29.0. The summed E-state index contributed by atoms with van der Waals surface area (Å²) in [5, 5.41) is 5.47. The van der Waals surface area contributed by atoms with E-state index in [0.717, 1.165) is 27.2 Å². The molecule has 0 saturated heterocycles. The fraction of sp³-hybridized carbons (Fsp3) is 0.658. The molecule has 0 bridgehead atoms. The van der Waals surface area contributed by atoms with Crippen molar-refractivity contribution < 1.29 is 71.7 Å². The summed E-state index contributed by atoms with van der Waals surface area (Å²) in [7, 11) is 8.80. The third-order valence-corrected chi connectivity index (χ3v) is 18.9. The number of fused-ring (bicyclic) bond motifs is 3. The summed E-state index contributed by atoms with van der Waals surface area (Å²) in [5.41, 5.74) is 4.30. The minimum atomic E-state index is -1.55. The van der Waals surface area contributed by atoms with Crippen LogP contribution in [-0.2, 0) is 71.7 Å². The zero-order chi connectivity index (χ0) is 75.2. The second kappa shape index (κ2) is 39.7. The van der Waals surface area contributed by atoms with Gasteiger partial charge in [-0.1, -0.05) is 151 Å². The number of amides is 8. The Morgan fingerprint density at radius 3 is 1.51 bits per heavy atom. The Balaban J connectivity index is 1.87. The van der Waals surface area contributed by atoms with Crippen molar-refractivity contribution in [2.75, 3.05) is 62.0 Å². The summed E-state index contributed by atoms with van der Waals surface area (Å²) in [6.45, 7) is 29.3. The second-order valence-electron chi connectivity index (χ2n) is 29.0. The van der Waals surface area contributed by atoms with Crippen molar-refractivity contribution >= 4 is 70.9 Å². The molecule has 99 heavy (non-hydrogen) atoms. The third kappa shape index (κ3) is 23.8. The molecule has 0 fully saturated rings. The van der Waals surface area contributed by atoms with Gasteiger partial charge < -0.3 is 54.2 Å². The summed E-state index contributed by atoms with van der Waals surface area (Å²) >= 11 is 0. The highest BCUT2D eigenvalue weighted by molar-refractivity contribution is 5.98. The molecule has 552 valence electrons. The van der Waals surface area contributed by atoms with Gasteiger partial charge in [-0.3, -0.25) is 52.7 Å². The number of hydrogen-bond acceptors (Lipinski definition) is 15. The maximum absolute atomic E-state index is 15.3. The van der Waals surface area contributed by atoms with Gasteiger partial charge in [0.1, 0.15) is 55.6 Å². The standard InChI is InChI=1S/C76H118N8O15/c1-24-26-31-49(13)68(99-53(17)86)67(70(90)78-60(25-2)76(96)97-37-36-79(18)52(16)85)84(23)75(95)66(48(11)12)83(22)74(94)63(40-46(7)8)82(21)73(93)62(39-45(5)6)81(20)71(91)51(15)77-69(89)50(14)41-64(87)61(38-44(3)4)80(19)72(92)58(47(9)10)42-65(88)98-43-59-56-34-29-27-32-54(56)55-33-28-30-35-57(55)59/h24,26-30,32-35,44-51,58-63,66-68H,25,31,36-43H2,1-23H3,(H,77,89)(H,78,90)/b26-24+/t49-,50-,51-,58+,60+,61+,62+,63+,66+,67+,68-/m1/s1. The SMILES string of the molecule is C/C=C/C[C@@H](C)[C@@H](OC(C)=O)[C@@H](C(=O)N[C@@H](CC)C(=O)OCCN(C)C(C)=O)N(C)C(=O)[C@H](C(C)C)N(C)C(=O)[C@H](CC(C)C)N(C)C(=O)[C@H](CC(C)C)N(C)C(=O)[C@@H](C)NC(=O)[C@H](C)CC(=O)[C@H](CC(C)C)N(C)C(=O)[C@@H](CC(=O)OCC1c2ccccc2-c2ccccc21)C(C)C. The van der Waals surface area contributed by atoms with E-state index in [1.165, 1.54) is 73.5 Å². The molecule has 0 unspecified atom stereocenters. The fourth-order valence-electron chi connectivity index (χ4n) is 12.8. The van der Waals surface area contributed by atoms with E-state index in [4.69, 9.17) is 14.2 Å². The fourth-order valence-corrected chi connectivity index (χ4v) is 12.8. The van der Waals surface area contributed by atoms with Gasteiger partial charge in [0.25, 0.3) is 0 Å². The number of nitrogens with one attached hydrogen (secondary N) is 2. The average molecular weight is 1380 g/mol. The molecule has 2 aromatic rings. The van der Waals surface area contributed by atoms with Crippen LogP contribution in [0.25, 0.3) is 11.1 Å². The van der Waals surface area contributed by atoms with Crippen LogP contribution < -0.4 is 10.6 Å². The molecule has 8 amide bonds. The molecule has 2 N–H and O–H groups in total. The lowest BCUT2D eigenvalue weighted by molar-refractivity contribution is -0.164. The van der Waals surface area contributed by atoms with E-state index >= 15 is 14.4 Å². The Bertz CT molecular complexity index is 3100. The number of Topliss-reactive ketones (excluding diaryl/α,β-unsaturated/α-hetero) is 1. The van der Waals surface area contributed by atoms with Gasteiger partial charge in [-0.25, -0.2) is 4.79 Å². The number of hydrogen-bond donors (Lipinski definition) is 2. The molecule has 0 radical (unpaired) electrons. The van der Waals surface area contributed by atoms with Gasteiger partial charge in [0.2, 0.25) is 47.3 Å². The molecule has 1 aliphatic rings. The average Bonchev–Trinajstić information content (AvgIpc) is 1.66. The molecule has 0 spiro atoms. The van der Waals surface area contributed by atoms with Crippen LogP contribution in [0.5, 0.6) is 0 Å². The van der Waals surface area contributed by atoms with Gasteiger partial charge in [0, 0.05) is 74.4 Å². The number of likely N-dealkylation sites (N-methyl/N-ethyl adjacent to an activating group) is 6. The van der Waals surface area contributed by atoms with Crippen molar-refractivity contribution in [3.05, 3.63) is 71.8 Å². The van der Waals surface area contributed by atoms with Crippen molar-refractivity contribution in [1.29, 1.82) is 0 Å². The van der Waals surface area contributed by atoms with E-state index in [-0.39, 0.29) is 99.6 Å². The molecule has 23 nitrogen and oxygen atoms in total. The Kier molecular flexibility index (Phi) is 34.2. The minimum absolute atomic E-state index is 0.0438. The van der Waals surface area contributed by atoms with E-state index in [2.05, 4.69) is 22.8 Å². The summed E-state index contributed by atoms with van der Waals surface area (Å²) < 4.78 is 17.2. The zero-order valence-electron chi connectivity index (χ0n) is 63.5. The number of ketones is 1. The molecule has 0 saturated carbocycles. The number of allylic oxidation sites excluding steroid dienone is 2. The van der Waals surface area contributed by atoms with Crippen LogP contribution in [0.15, 0.2) is 60.7 Å². The number of ether oxygens (including phenoxy) is 3. The maximum Gasteiger partial charge on any atom is 0.328 e.